The van der Waals surface area contributed by atoms with Gasteiger partial charge in [0.25, 0.3) is 5.56 Å². The highest BCUT2D eigenvalue weighted by atomic mass is 16.5. The molecule has 0 atom stereocenters. The topological polar surface area (TPSA) is 79.1 Å². The predicted molar refractivity (Wildman–Crippen MR) is 109 cm³/mol. The van der Waals surface area contributed by atoms with Crippen LogP contribution in [0.25, 0.3) is 5.65 Å². The first kappa shape index (κ1) is 20.4. The molecule has 1 aromatic carbocycles. The SMILES string of the molecule is CCCOc1ccc(C(=O)OCc2cc(=O)n3cc(C)ccc3n2)cc1OCC. The highest BCUT2D eigenvalue weighted by Crippen LogP contribution is 2.29. The lowest BCUT2D eigenvalue weighted by Gasteiger charge is -2.13. The standard InChI is InChI=1S/C22H24N2O5/c1-4-10-28-18-8-7-16(11-19(18)27-5-2)22(26)29-14-17-12-21(25)24-13-15(3)6-9-20(24)23-17/h6-9,11-13H,4-5,10,14H2,1-3H3. The van der Waals surface area contributed by atoms with Crippen molar-refractivity contribution < 1.29 is 19.0 Å². The number of pyridine rings is 1. The van der Waals surface area contributed by atoms with Gasteiger partial charge in [-0.15, -0.1) is 0 Å². The van der Waals surface area contributed by atoms with Crippen LogP contribution in [0.4, 0.5) is 0 Å². The van der Waals surface area contributed by atoms with Crippen LogP contribution in [-0.2, 0) is 11.3 Å². The van der Waals surface area contributed by atoms with Crippen molar-refractivity contribution in [2.45, 2.75) is 33.8 Å². The van der Waals surface area contributed by atoms with Gasteiger partial charge >= 0.3 is 5.97 Å². The summed E-state index contributed by atoms with van der Waals surface area (Å²) >= 11 is 0. The average Bonchev–Trinajstić information content (AvgIpc) is 2.72. The molecule has 0 N–H and O–H groups in total. The van der Waals surface area contributed by atoms with Crippen LogP contribution < -0.4 is 15.0 Å². The second kappa shape index (κ2) is 9.23. The van der Waals surface area contributed by atoms with Crippen molar-refractivity contribution in [2.75, 3.05) is 13.2 Å². The summed E-state index contributed by atoms with van der Waals surface area (Å²) in [6, 6.07) is 9.91. The second-order valence-electron chi connectivity index (χ2n) is 6.54. The number of benzene rings is 1. The van der Waals surface area contributed by atoms with Crippen molar-refractivity contribution in [3.63, 3.8) is 0 Å². The molecule has 0 aliphatic heterocycles. The molecule has 2 aromatic heterocycles. The molecule has 0 aliphatic carbocycles. The number of ether oxygens (including phenoxy) is 3. The van der Waals surface area contributed by atoms with Crippen LogP contribution in [0, 0.1) is 6.92 Å². The van der Waals surface area contributed by atoms with Crippen molar-refractivity contribution in [2.24, 2.45) is 0 Å². The van der Waals surface area contributed by atoms with Gasteiger partial charge in [0.05, 0.1) is 24.5 Å². The molecule has 2 heterocycles. The zero-order chi connectivity index (χ0) is 20.8. The van der Waals surface area contributed by atoms with Gasteiger partial charge in [-0.25, -0.2) is 9.78 Å². The van der Waals surface area contributed by atoms with Gasteiger partial charge in [-0.1, -0.05) is 13.0 Å². The molecule has 0 aliphatic rings. The largest absolute Gasteiger partial charge is 0.490 e. The quantitative estimate of drug-likeness (QED) is 0.542. The Kier molecular flexibility index (Phi) is 6.49. The predicted octanol–water partition coefficient (Wildman–Crippen LogP) is 3.55. The molecule has 0 saturated carbocycles. The fourth-order valence-corrected chi connectivity index (χ4v) is 2.79. The maximum absolute atomic E-state index is 12.5. The van der Waals surface area contributed by atoms with E-state index in [2.05, 4.69) is 4.98 Å². The molecule has 3 rings (SSSR count). The van der Waals surface area contributed by atoms with Crippen LogP contribution in [0.5, 0.6) is 11.5 Å². The molecule has 29 heavy (non-hydrogen) atoms. The number of rotatable bonds is 8. The summed E-state index contributed by atoms with van der Waals surface area (Å²) in [4.78, 5) is 29.1. The Hall–Kier alpha value is -3.35. The van der Waals surface area contributed by atoms with Crippen LogP contribution in [-0.4, -0.2) is 28.6 Å². The van der Waals surface area contributed by atoms with Gasteiger partial charge in [0.2, 0.25) is 0 Å². The molecule has 0 radical (unpaired) electrons. The molecule has 7 nitrogen and oxygen atoms in total. The lowest BCUT2D eigenvalue weighted by Crippen LogP contribution is -2.17. The molecule has 152 valence electrons. The first-order valence-electron chi connectivity index (χ1n) is 9.57. The van der Waals surface area contributed by atoms with Crippen LogP contribution in [0.1, 0.15) is 41.9 Å². The van der Waals surface area contributed by atoms with Gasteiger partial charge in [0.15, 0.2) is 11.5 Å². The minimum Gasteiger partial charge on any atom is -0.490 e. The van der Waals surface area contributed by atoms with E-state index >= 15 is 0 Å². The minimum absolute atomic E-state index is 0.101. The van der Waals surface area contributed by atoms with Crippen LogP contribution in [0.2, 0.25) is 0 Å². The maximum atomic E-state index is 12.5. The third kappa shape index (κ3) is 4.93. The average molecular weight is 396 g/mol. The number of aromatic nitrogens is 2. The molecule has 0 saturated heterocycles. The summed E-state index contributed by atoms with van der Waals surface area (Å²) in [5, 5.41) is 0. The number of nitrogens with zero attached hydrogens (tertiary/aromatic N) is 2. The second-order valence-corrected chi connectivity index (χ2v) is 6.54. The van der Waals surface area contributed by atoms with E-state index in [-0.39, 0.29) is 12.2 Å². The Labute approximate surface area is 168 Å². The van der Waals surface area contributed by atoms with E-state index in [9.17, 15) is 9.59 Å². The molecule has 7 heteroatoms. The fraction of sp³-hybridized carbons (Fsp3) is 0.318. The zero-order valence-corrected chi connectivity index (χ0v) is 16.8. The molecule has 0 bridgehead atoms. The Balaban J connectivity index is 1.75. The van der Waals surface area contributed by atoms with Gasteiger partial charge in [-0.2, -0.15) is 0 Å². The molecule has 3 aromatic rings. The minimum atomic E-state index is -0.529. The van der Waals surface area contributed by atoms with E-state index in [1.165, 1.54) is 10.5 Å². The molecular weight excluding hydrogens is 372 g/mol. The monoisotopic (exact) mass is 396 g/mol. The van der Waals surface area contributed by atoms with E-state index in [4.69, 9.17) is 14.2 Å². The zero-order valence-electron chi connectivity index (χ0n) is 16.8. The lowest BCUT2D eigenvalue weighted by atomic mass is 10.2. The molecule has 0 amide bonds. The van der Waals surface area contributed by atoms with Crippen LogP contribution in [0.3, 0.4) is 0 Å². The Morgan fingerprint density at radius 1 is 1.07 bits per heavy atom. The van der Waals surface area contributed by atoms with Crippen molar-refractivity contribution in [3.05, 3.63) is 69.8 Å². The summed E-state index contributed by atoms with van der Waals surface area (Å²) in [5.41, 5.74) is 1.97. The summed E-state index contributed by atoms with van der Waals surface area (Å²) in [7, 11) is 0. The van der Waals surface area contributed by atoms with Gasteiger partial charge < -0.3 is 14.2 Å². The van der Waals surface area contributed by atoms with E-state index in [1.54, 1.807) is 30.5 Å². The van der Waals surface area contributed by atoms with Gasteiger partial charge in [0, 0.05) is 12.3 Å². The highest BCUT2D eigenvalue weighted by molar-refractivity contribution is 5.90. The summed E-state index contributed by atoms with van der Waals surface area (Å²) in [5.74, 6) is 0.552. The third-order valence-corrected chi connectivity index (χ3v) is 4.15. The summed E-state index contributed by atoms with van der Waals surface area (Å²) in [6.45, 7) is 6.69. The number of carbonyl (C=O) groups is 1. The molecule has 0 spiro atoms. The van der Waals surface area contributed by atoms with Crippen LogP contribution >= 0.6 is 0 Å². The van der Waals surface area contributed by atoms with Gasteiger partial charge in [0.1, 0.15) is 12.3 Å². The number of aryl methyl sites for hydroxylation is 1. The van der Waals surface area contributed by atoms with E-state index in [0.717, 1.165) is 12.0 Å². The molecular formula is C22H24N2O5. The highest BCUT2D eigenvalue weighted by Gasteiger charge is 2.14. The Morgan fingerprint density at radius 2 is 1.90 bits per heavy atom. The van der Waals surface area contributed by atoms with E-state index < -0.39 is 5.97 Å². The van der Waals surface area contributed by atoms with Gasteiger partial charge in [-0.05, 0) is 50.1 Å². The first-order valence-corrected chi connectivity index (χ1v) is 9.57. The van der Waals surface area contributed by atoms with E-state index in [0.29, 0.717) is 41.6 Å². The smallest absolute Gasteiger partial charge is 0.338 e. The first-order chi connectivity index (χ1) is 14.0. The van der Waals surface area contributed by atoms with Crippen molar-refractivity contribution in [1.29, 1.82) is 0 Å². The molecule has 0 unspecified atom stereocenters. The number of hydrogen-bond donors (Lipinski definition) is 0. The maximum Gasteiger partial charge on any atom is 0.338 e. The number of fused-ring (bicyclic) bond motifs is 1. The number of carbonyl (C=O) groups excluding carboxylic acids is 1. The Bertz CT molecular complexity index is 1070. The van der Waals surface area contributed by atoms with Gasteiger partial charge in [-0.3, -0.25) is 9.20 Å². The van der Waals surface area contributed by atoms with Crippen molar-refractivity contribution in [3.8, 4) is 11.5 Å². The lowest BCUT2D eigenvalue weighted by molar-refractivity contribution is 0.0467. The summed E-state index contributed by atoms with van der Waals surface area (Å²) in [6.07, 6.45) is 2.59. The van der Waals surface area contributed by atoms with E-state index in [1.807, 2.05) is 26.8 Å². The normalized spacial score (nSPS) is 10.7. The van der Waals surface area contributed by atoms with Crippen molar-refractivity contribution in [1.82, 2.24) is 9.38 Å². The third-order valence-electron chi connectivity index (χ3n) is 4.15. The number of hydrogen-bond acceptors (Lipinski definition) is 6. The summed E-state index contributed by atoms with van der Waals surface area (Å²) < 4.78 is 18.0. The number of esters is 1. The fourth-order valence-electron chi connectivity index (χ4n) is 2.79. The van der Waals surface area contributed by atoms with Crippen molar-refractivity contribution >= 4 is 11.6 Å². The van der Waals surface area contributed by atoms with Crippen LogP contribution in [0.15, 0.2) is 47.4 Å². The molecule has 0 fully saturated rings. The Morgan fingerprint density at radius 3 is 2.66 bits per heavy atom.